The second-order valence-corrected chi connectivity index (χ2v) is 5.94. The third-order valence-corrected chi connectivity index (χ3v) is 4.52. The average molecular weight is 326 g/mol. The van der Waals surface area contributed by atoms with Crippen molar-refractivity contribution in [1.82, 2.24) is 19.9 Å². The summed E-state index contributed by atoms with van der Waals surface area (Å²) in [6, 6.07) is 2.18. The quantitative estimate of drug-likeness (QED) is 0.900. The van der Waals surface area contributed by atoms with Crippen LogP contribution in [0.1, 0.15) is 19.3 Å². The Morgan fingerprint density at radius 2 is 2.12 bits per heavy atom. The number of nitrogens with zero attached hydrogens (tertiary/aromatic N) is 5. The number of fused-ring (bicyclic) bond motifs is 1. The van der Waals surface area contributed by atoms with Gasteiger partial charge < -0.3 is 15.0 Å². The molecule has 4 rings (SSSR count). The van der Waals surface area contributed by atoms with Gasteiger partial charge in [-0.15, -0.1) is 0 Å². The molecular weight excluding hydrogens is 308 g/mol. The monoisotopic (exact) mass is 326 g/mol. The van der Waals surface area contributed by atoms with Gasteiger partial charge >= 0.3 is 0 Å². The normalized spacial score (nSPS) is 26.0. The smallest absolute Gasteiger partial charge is 0.254 e. The average Bonchev–Trinajstić information content (AvgIpc) is 3.06. The minimum Gasteiger partial charge on any atom is -0.363 e. The number of hydrogen-bond donors (Lipinski definition) is 1. The summed E-state index contributed by atoms with van der Waals surface area (Å²) in [4.78, 5) is 30.9. The van der Waals surface area contributed by atoms with Crippen LogP contribution in [0.3, 0.4) is 0 Å². The highest BCUT2D eigenvalue weighted by atomic mass is 16.5. The number of anilines is 2. The van der Waals surface area contributed by atoms with E-state index in [4.69, 9.17) is 4.74 Å². The molecule has 2 fully saturated rings. The fourth-order valence-electron chi connectivity index (χ4n) is 3.43. The first kappa shape index (κ1) is 14.9. The van der Waals surface area contributed by atoms with Crippen LogP contribution in [0.4, 0.5) is 11.6 Å². The molecule has 2 saturated heterocycles. The molecule has 3 atom stereocenters. The Bertz CT molecular complexity index is 698. The Morgan fingerprint density at radius 3 is 2.92 bits per heavy atom. The molecule has 1 amide bonds. The highest BCUT2D eigenvalue weighted by molar-refractivity contribution is 5.93. The van der Waals surface area contributed by atoms with Crippen molar-refractivity contribution in [1.29, 1.82) is 0 Å². The maximum Gasteiger partial charge on any atom is 0.254 e. The van der Waals surface area contributed by atoms with Crippen LogP contribution in [-0.4, -0.2) is 50.6 Å². The Hall–Kier alpha value is -2.61. The summed E-state index contributed by atoms with van der Waals surface area (Å²) in [5, 5.41) is 2.76. The molecule has 0 spiro atoms. The maximum atomic E-state index is 12.4. The lowest BCUT2D eigenvalue weighted by molar-refractivity contribution is -0.136. The molecule has 0 aromatic carbocycles. The number of ether oxygens (including phenoxy) is 1. The SMILES string of the molecule is O=C(Nc1cnccn1)[C@@H]1CC[C@H]2[C@H](CCN2c2ccncn2)O1. The second-order valence-electron chi connectivity index (χ2n) is 5.94. The summed E-state index contributed by atoms with van der Waals surface area (Å²) in [6.07, 6.45) is 10.0. The Balaban J connectivity index is 1.40. The number of aromatic nitrogens is 4. The second kappa shape index (κ2) is 6.48. The predicted molar refractivity (Wildman–Crippen MR) is 86.3 cm³/mol. The van der Waals surface area contributed by atoms with E-state index in [0.717, 1.165) is 25.2 Å². The maximum absolute atomic E-state index is 12.4. The van der Waals surface area contributed by atoms with Crippen LogP contribution < -0.4 is 10.2 Å². The van der Waals surface area contributed by atoms with E-state index < -0.39 is 6.10 Å². The Kier molecular flexibility index (Phi) is 4.04. The van der Waals surface area contributed by atoms with Gasteiger partial charge in [0.05, 0.1) is 18.3 Å². The first-order valence-electron chi connectivity index (χ1n) is 8.06. The predicted octanol–water partition coefficient (Wildman–Crippen LogP) is 1.03. The van der Waals surface area contributed by atoms with Gasteiger partial charge in [0.25, 0.3) is 5.91 Å². The van der Waals surface area contributed by atoms with E-state index in [1.54, 1.807) is 24.9 Å². The zero-order valence-electron chi connectivity index (χ0n) is 13.1. The van der Waals surface area contributed by atoms with Crippen LogP contribution in [0.25, 0.3) is 0 Å². The number of amides is 1. The molecule has 8 nitrogen and oxygen atoms in total. The van der Waals surface area contributed by atoms with Crippen molar-refractivity contribution in [2.24, 2.45) is 0 Å². The number of hydrogen-bond acceptors (Lipinski definition) is 7. The molecule has 4 heterocycles. The van der Waals surface area contributed by atoms with Gasteiger partial charge in [-0.05, 0) is 25.3 Å². The van der Waals surface area contributed by atoms with E-state index in [1.165, 1.54) is 6.20 Å². The molecule has 2 aromatic rings. The van der Waals surface area contributed by atoms with Gasteiger partial charge in [-0.2, -0.15) is 0 Å². The molecule has 2 aliphatic heterocycles. The van der Waals surface area contributed by atoms with Gasteiger partial charge in [-0.1, -0.05) is 0 Å². The topological polar surface area (TPSA) is 93.1 Å². The lowest BCUT2D eigenvalue weighted by Gasteiger charge is -2.35. The van der Waals surface area contributed by atoms with Crippen molar-refractivity contribution in [2.75, 3.05) is 16.8 Å². The molecule has 0 bridgehead atoms. The molecular formula is C16H18N6O2. The molecule has 124 valence electrons. The standard InChI is InChI=1S/C16H18N6O2/c23-16(21-14-9-17-6-7-19-14)13-2-1-11-12(24-13)4-8-22(11)15-3-5-18-10-20-15/h3,5-7,9-13H,1-2,4,8H2,(H,19,21,23)/t11-,12-,13-/m0/s1. The van der Waals surface area contributed by atoms with Gasteiger partial charge in [0, 0.05) is 25.1 Å². The van der Waals surface area contributed by atoms with Gasteiger partial charge in [0.1, 0.15) is 18.2 Å². The molecule has 0 radical (unpaired) electrons. The lowest BCUT2D eigenvalue weighted by atomic mass is 9.98. The molecule has 8 heteroatoms. The molecule has 2 aromatic heterocycles. The van der Waals surface area contributed by atoms with Crippen molar-refractivity contribution >= 4 is 17.5 Å². The van der Waals surface area contributed by atoms with Crippen LogP contribution in [0.2, 0.25) is 0 Å². The summed E-state index contributed by atoms with van der Waals surface area (Å²) >= 11 is 0. The largest absolute Gasteiger partial charge is 0.363 e. The minimum atomic E-state index is -0.446. The van der Waals surface area contributed by atoms with Crippen molar-refractivity contribution in [2.45, 2.75) is 37.5 Å². The number of carbonyl (C=O) groups excluding carboxylic acids is 1. The van der Waals surface area contributed by atoms with E-state index in [9.17, 15) is 4.79 Å². The molecule has 0 saturated carbocycles. The summed E-state index contributed by atoms with van der Waals surface area (Å²) in [7, 11) is 0. The first-order valence-corrected chi connectivity index (χ1v) is 8.06. The summed E-state index contributed by atoms with van der Waals surface area (Å²) in [5.74, 6) is 1.21. The van der Waals surface area contributed by atoms with E-state index in [0.29, 0.717) is 12.2 Å². The van der Waals surface area contributed by atoms with Gasteiger partial charge in [-0.25, -0.2) is 15.0 Å². The molecule has 0 unspecified atom stereocenters. The Morgan fingerprint density at radius 1 is 1.17 bits per heavy atom. The highest BCUT2D eigenvalue weighted by Gasteiger charge is 2.42. The molecule has 1 N–H and O–H groups in total. The minimum absolute atomic E-state index is 0.0475. The van der Waals surface area contributed by atoms with Crippen molar-refractivity contribution in [3.63, 3.8) is 0 Å². The first-order chi connectivity index (χ1) is 11.8. The third kappa shape index (κ3) is 2.92. The summed E-state index contributed by atoms with van der Waals surface area (Å²) in [5.41, 5.74) is 0. The van der Waals surface area contributed by atoms with Gasteiger partial charge in [0.2, 0.25) is 0 Å². The number of carbonyl (C=O) groups is 1. The van der Waals surface area contributed by atoms with Crippen LogP contribution in [0, 0.1) is 0 Å². The number of rotatable bonds is 3. The van der Waals surface area contributed by atoms with Crippen molar-refractivity contribution in [3.05, 3.63) is 37.2 Å². The van der Waals surface area contributed by atoms with Gasteiger partial charge in [0.15, 0.2) is 5.82 Å². The third-order valence-electron chi connectivity index (χ3n) is 4.52. The van der Waals surface area contributed by atoms with E-state index in [-0.39, 0.29) is 18.1 Å². The van der Waals surface area contributed by atoms with Crippen LogP contribution in [0.15, 0.2) is 37.2 Å². The fraction of sp³-hybridized carbons (Fsp3) is 0.438. The zero-order chi connectivity index (χ0) is 16.4. The van der Waals surface area contributed by atoms with Crippen LogP contribution in [0.5, 0.6) is 0 Å². The lowest BCUT2D eigenvalue weighted by Crippen LogP contribution is -2.46. The number of nitrogens with one attached hydrogen (secondary N) is 1. The summed E-state index contributed by atoms with van der Waals surface area (Å²) in [6.45, 7) is 0.880. The van der Waals surface area contributed by atoms with Crippen LogP contribution >= 0.6 is 0 Å². The zero-order valence-corrected chi connectivity index (χ0v) is 13.1. The van der Waals surface area contributed by atoms with E-state index in [1.807, 2.05) is 6.07 Å². The Labute approximate surface area is 139 Å². The van der Waals surface area contributed by atoms with Crippen LogP contribution in [-0.2, 0) is 9.53 Å². The highest BCUT2D eigenvalue weighted by Crippen LogP contribution is 2.34. The van der Waals surface area contributed by atoms with Crippen molar-refractivity contribution in [3.8, 4) is 0 Å². The van der Waals surface area contributed by atoms with E-state index in [2.05, 4.69) is 30.2 Å². The fourth-order valence-corrected chi connectivity index (χ4v) is 3.43. The molecule has 24 heavy (non-hydrogen) atoms. The van der Waals surface area contributed by atoms with Gasteiger partial charge in [-0.3, -0.25) is 9.78 Å². The van der Waals surface area contributed by atoms with Crippen molar-refractivity contribution < 1.29 is 9.53 Å². The molecule has 2 aliphatic rings. The summed E-state index contributed by atoms with van der Waals surface area (Å²) < 4.78 is 6.05. The van der Waals surface area contributed by atoms with E-state index >= 15 is 0 Å². The molecule has 0 aliphatic carbocycles.